The first-order chi connectivity index (χ1) is 4.66. The van der Waals surface area contributed by atoms with Crippen LogP contribution in [0.2, 0.25) is 0 Å². The second-order valence-corrected chi connectivity index (χ2v) is 4.23. The highest BCUT2D eigenvalue weighted by molar-refractivity contribution is 9.09. The minimum atomic E-state index is 0.860. The van der Waals surface area contributed by atoms with E-state index < -0.39 is 0 Å². The zero-order chi connectivity index (χ0) is 7.98. The maximum Gasteiger partial charge on any atom is 0.00570 e. The van der Waals surface area contributed by atoms with Gasteiger partial charge >= 0.3 is 0 Å². The van der Waals surface area contributed by atoms with Gasteiger partial charge in [-0.1, -0.05) is 49.5 Å². The maximum absolute atomic E-state index is 3.48. The summed E-state index contributed by atoms with van der Waals surface area (Å²) in [5.41, 5.74) is 0. The van der Waals surface area contributed by atoms with Gasteiger partial charge in [0, 0.05) is 5.33 Å². The van der Waals surface area contributed by atoms with E-state index in [2.05, 4.69) is 36.7 Å². The third kappa shape index (κ3) is 6.60. The molecule has 0 aliphatic rings. The molecule has 0 heterocycles. The Hall–Kier alpha value is 0.480. The standard InChI is InChI=1S/C9H19Br/c1-8(2)5-4-6-9(3)7-10/h8-9H,4-7H2,1-3H3/t9-/m1/s1. The summed E-state index contributed by atoms with van der Waals surface area (Å²) in [4.78, 5) is 0. The lowest BCUT2D eigenvalue weighted by Crippen LogP contribution is -1.96. The van der Waals surface area contributed by atoms with Crippen molar-refractivity contribution in [3.63, 3.8) is 0 Å². The summed E-state index contributed by atoms with van der Waals surface area (Å²) in [6.45, 7) is 6.88. The van der Waals surface area contributed by atoms with Crippen molar-refractivity contribution < 1.29 is 0 Å². The van der Waals surface area contributed by atoms with E-state index in [0.29, 0.717) is 0 Å². The van der Waals surface area contributed by atoms with Gasteiger partial charge in [-0.2, -0.15) is 0 Å². The summed E-state index contributed by atoms with van der Waals surface area (Å²) in [5.74, 6) is 1.74. The molecule has 1 atom stereocenters. The molecular weight excluding hydrogens is 188 g/mol. The molecule has 0 spiro atoms. The SMILES string of the molecule is CC(C)CCC[C@@H](C)CBr. The molecule has 0 aromatic carbocycles. The zero-order valence-corrected chi connectivity index (χ0v) is 8.95. The van der Waals surface area contributed by atoms with Crippen molar-refractivity contribution in [3.8, 4) is 0 Å². The predicted octanol–water partition coefficient (Wildman–Crippen LogP) is 3.84. The highest BCUT2D eigenvalue weighted by Gasteiger charge is 1.99. The van der Waals surface area contributed by atoms with Gasteiger partial charge in [-0.05, 0) is 18.3 Å². The summed E-state index contributed by atoms with van der Waals surface area (Å²) in [5, 5.41) is 1.16. The topological polar surface area (TPSA) is 0 Å². The zero-order valence-electron chi connectivity index (χ0n) is 7.36. The van der Waals surface area contributed by atoms with E-state index in [1.54, 1.807) is 0 Å². The van der Waals surface area contributed by atoms with Crippen molar-refractivity contribution in [1.82, 2.24) is 0 Å². The van der Waals surface area contributed by atoms with Crippen LogP contribution in [0, 0.1) is 11.8 Å². The van der Waals surface area contributed by atoms with Crippen LogP contribution in [-0.4, -0.2) is 5.33 Å². The third-order valence-electron chi connectivity index (χ3n) is 1.74. The molecule has 0 bridgehead atoms. The lowest BCUT2D eigenvalue weighted by Gasteiger charge is -2.07. The quantitative estimate of drug-likeness (QED) is 0.601. The van der Waals surface area contributed by atoms with Gasteiger partial charge in [0.25, 0.3) is 0 Å². The minimum Gasteiger partial charge on any atom is -0.0925 e. The first-order valence-electron chi connectivity index (χ1n) is 4.22. The van der Waals surface area contributed by atoms with Crippen LogP contribution in [0.1, 0.15) is 40.0 Å². The number of rotatable bonds is 5. The van der Waals surface area contributed by atoms with Gasteiger partial charge in [0.15, 0.2) is 0 Å². The largest absolute Gasteiger partial charge is 0.0925 e. The molecule has 0 nitrogen and oxygen atoms in total. The van der Waals surface area contributed by atoms with Gasteiger partial charge < -0.3 is 0 Å². The first-order valence-corrected chi connectivity index (χ1v) is 5.35. The first kappa shape index (κ1) is 10.5. The summed E-state index contributed by atoms with van der Waals surface area (Å²) in [6, 6.07) is 0. The molecule has 0 N–H and O–H groups in total. The molecule has 0 saturated carbocycles. The molecule has 0 rings (SSSR count). The van der Waals surface area contributed by atoms with Crippen LogP contribution in [0.5, 0.6) is 0 Å². The Morgan fingerprint density at radius 3 is 2.10 bits per heavy atom. The molecule has 0 aliphatic heterocycles. The van der Waals surface area contributed by atoms with Gasteiger partial charge in [0.1, 0.15) is 0 Å². The average molecular weight is 207 g/mol. The Kier molecular flexibility index (Phi) is 6.50. The van der Waals surface area contributed by atoms with Crippen LogP contribution in [0.3, 0.4) is 0 Å². The van der Waals surface area contributed by atoms with E-state index in [9.17, 15) is 0 Å². The fraction of sp³-hybridized carbons (Fsp3) is 1.00. The van der Waals surface area contributed by atoms with Crippen LogP contribution in [0.15, 0.2) is 0 Å². The second kappa shape index (κ2) is 6.21. The predicted molar refractivity (Wildman–Crippen MR) is 51.6 cm³/mol. The Bertz CT molecular complexity index is 69.1. The number of hydrogen-bond acceptors (Lipinski definition) is 0. The van der Waals surface area contributed by atoms with Crippen molar-refractivity contribution in [3.05, 3.63) is 0 Å². The fourth-order valence-electron chi connectivity index (χ4n) is 0.952. The fourth-order valence-corrected chi connectivity index (χ4v) is 1.28. The number of halogens is 1. The van der Waals surface area contributed by atoms with Gasteiger partial charge in [-0.15, -0.1) is 0 Å². The molecule has 1 heteroatoms. The summed E-state index contributed by atoms with van der Waals surface area (Å²) < 4.78 is 0. The monoisotopic (exact) mass is 206 g/mol. The van der Waals surface area contributed by atoms with E-state index >= 15 is 0 Å². The van der Waals surface area contributed by atoms with Crippen molar-refractivity contribution in [2.75, 3.05) is 5.33 Å². The normalized spacial score (nSPS) is 14.1. The van der Waals surface area contributed by atoms with Crippen molar-refractivity contribution in [2.24, 2.45) is 11.8 Å². The summed E-state index contributed by atoms with van der Waals surface area (Å²) >= 11 is 3.48. The number of alkyl halides is 1. The highest BCUT2D eigenvalue weighted by Crippen LogP contribution is 2.13. The van der Waals surface area contributed by atoms with Crippen LogP contribution >= 0.6 is 15.9 Å². The smallest absolute Gasteiger partial charge is 0.00570 e. The summed E-state index contributed by atoms with van der Waals surface area (Å²) in [7, 11) is 0. The van der Waals surface area contributed by atoms with E-state index in [1.165, 1.54) is 19.3 Å². The molecule has 0 aromatic heterocycles. The highest BCUT2D eigenvalue weighted by atomic mass is 79.9. The van der Waals surface area contributed by atoms with Gasteiger partial charge in [0.05, 0.1) is 0 Å². The molecule has 0 unspecified atom stereocenters. The molecule has 62 valence electrons. The lowest BCUT2D eigenvalue weighted by atomic mass is 10.0. The van der Waals surface area contributed by atoms with Crippen molar-refractivity contribution in [2.45, 2.75) is 40.0 Å². The molecule has 0 radical (unpaired) electrons. The van der Waals surface area contributed by atoms with Crippen LogP contribution < -0.4 is 0 Å². The van der Waals surface area contributed by atoms with Gasteiger partial charge in [0.2, 0.25) is 0 Å². The molecule has 10 heavy (non-hydrogen) atoms. The Labute approximate surface area is 73.5 Å². The Balaban J connectivity index is 3.03. The van der Waals surface area contributed by atoms with Crippen molar-refractivity contribution in [1.29, 1.82) is 0 Å². The van der Waals surface area contributed by atoms with Crippen LogP contribution in [-0.2, 0) is 0 Å². The van der Waals surface area contributed by atoms with Gasteiger partial charge in [-0.3, -0.25) is 0 Å². The molecule has 0 amide bonds. The van der Waals surface area contributed by atoms with Crippen molar-refractivity contribution >= 4 is 15.9 Å². The van der Waals surface area contributed by atoms with E-state index in [1.807, 2.05) is 0 Å². The van der Waals surface area contributed by atoms with Gasteiger partial charge in [-0.25, -0.2) is 0 Å². The molecular formula is C9H19Br. The van der Waals surface area contributed by atoms with E-state index in [4.69, 9.17) is 0 Å². The van der Waals surface area contributed by atoms with E-state index in [-0.39, 0.29) is 0 Å². The average Bonchev–Trinajstić information content (AvgIpc) is 1.87. The molecule has 0 aromatic rings. The summed E-state index contributed by atoms with van der Waals surface area (Å²) in [6.07, 6.45) is 4.16. The Morgan fingerprint density at radius 1 is 1.10 bits per heavy atom. The van der Waals surface area contributed by atoms with Crippen LogP contribution in [0.25, 0.3) is 0 Å². The third-order valence-corrected chi connectivity index (χ3v) is 2.85. The van der Waals surface area contributed by atoms with Crippen LogP contribution in [0.4, 0.5) is 0 Å². The molecule has 0 fully saturated rings. The maximum atomic E-state index is 3.48. The Morgan fingerprint density at radius 2 is 1.70 bits per heavy atom. The number of hydrogen-bond donors (Lipinski definition) is 0. The second-order valence-electron chi connectivity index (χ2n) is 3.58. The minimum absolute atomic E-state index is 0.860. The molecule has 0 saturated heterocycles. The molecule has 0 aliphatic carbocycles. The van der Waals surface area contributed by atoms with E-state index in [0.717, 1.165) is 17.2 Å². The lowest BCUT2D eigenvalue weighted by molar-refractivity contribution is 0.485.